The van der Waals surface area contributed by atoms with Gasteiger partial charge in [-0.15, -0.1) is 0 Å². The van der Waals surface area contributed by atoms with Gasteiger partial charge < -0.3 is 9.67 Å². The Morgan fingerprint density at radius 3 is 2.90 bits per heavy atom. The van der Waals surface area contributed by atoms with E-state index in [4.69, 9.17) is 16.7 Å². The Balaban J connectivity index is 2.12. The molecule has 3 rings (SSSR count). The Kier molecular flexibility index (Phi) is 3.42. The minimum atomic E-state index is -0.828. The van der Waals surface area contributed by atoms with Crippen LogP contribution < -0.4 is 0 Å². The largest absolute Gasteiger partial charge is 0.481 e. The zero-order valence-electron chi connectivity index (χ0n) is 11.1. The molecule has 1 saturated carbocycles. The minimum absolute atomic E-state index is 0.0210. The van der Waals surface area contributed by atoms with Gasteiger partial charge in [0.25, 0.3) is 0 Å². The molecule has 0 saturated heterocycles. The number of carbonyl (C=O) groups is 1. The predicted molar refractivity (Wildman–Crippen MR) is 80.6 cm³/mol. The molecule has 1 aliphatic carbocycles. The molecule has 0 amide bonds. The maximum absolute atomic E-state index is 10.8. The molecule has 1 aromatic carbocycles. The maximum atomic E-state index is 10.8. The van der Waals surface area contributed by atoms with Crippen LogP contribution in [0, 0.1) is 0 Å². The van der Waals surface area contributed by atoms with E-state index in [2.05, 4.69) is 16.5 Å². The number of aromatic nitrogens is 2. The molecule has 1 N–H and O–H groups in total. The Hall–Kier alpha value is -1.20. The summed E-state index contributed by atoms with van der Waals surface area (Å²) in [4.78, 5) is 15.4. The van der Waals surface area contributed by atoms with Gasteiger partial charge in [0.05, 0.1) is 16.8 Å². The fourth-order valence-corrected chi connectivity index (χ4v) is 3.71. The summed E-state index contributed by atoms with van der Waals surface area (Å²) >= 11 is 7.37. The fraction of sp³-hybridized carbons (Fsp3) is 0.429. The average molecular weight is 311 g/mol. The normalized spacial score (nSPS) is 17.1. The van der Waals surface area contributed by atoms with Crippen molar-refractivity contribution in [2.75, 3.05) is 5.75 Å². The molecule has 1 aromatic heterocycles. The number of hydrogen-bond donors (Lipinski definition) is 1. The van der Waals surface area contributed by atoms with Gasteiger partial charge in [0.1, 0.15) is 0 Å². The van der Waals surface area contributed by atoms with Gasteiger partial charge in [-0.3, -0.25) is 4.79 Å². The van der Waals surface area contributed by atoms with Crippen molar-refractivity contribution in [1.82, 2.24) is 9.55 Å². The second-order valence-corrected chi connectivity index (χ2v) is 6.77. The second-order valence-electron chi connectivity index (χ2n) is 5.40. The molecule has 4 nitrogen and oxygen atoms in total. The van der Waals surface area contributed by atoms with Crippen molar-refractivity contribution in [3.8, 4) is 0 Å². The summed E-state index contributed by atoms with van der Waals surface area (Å²) in [5, 5.41) is 10.3. The van der Waals surface area contributed by atoms with Gasteiger partial charge in [-0.1, -0.05) is 23.4 Å². The van der Waals surface area contributed by atoms with E-state index < -0.39 is 5.97 Å². The minimum Gasteiger partial charge on any atom is -0.481 e. The van der Waals surface area contributed by atoms with Crippen LogP contribution >= 0.6 is 23.4 Å². The van der Waals surface area contributed by atoms with Crippen molar-refractivity contribution in [2.45, 2.75) is 36.9 Å². The highest BCUT2D eigenvalue weighted by molar-refractivity contribution is 7.99. The van der Waals surface area contributed by atoms with E-state index >= 15 is 0 Å². The van der Waals surface area contributed by atoms with E-state index in [1.807, 2.05) is 18.2 Å². The van der Waals surface area contributed by atoms with Gasteiger partial charge in [0.2, 0.25) is 0 Å². The van der Waals surface area contributed by atoms with E-state index in [1.54, 1.807) is 0 Å². The highest BCUT2D eigenvalue weighted by atomic mass is 35.5. The SMILES string of the molecule is CC1(n2c(SCC(=O)O)nc3ccc(Cl)cc32)CCC1. The lowest BCUT2D eigenvalue weighted by Gasteiger charge is -2.41. The molecule has 0 aliphatic heterocycles. The Bertz CT molecular complexity index is 679. The molecular formula is C14H15ClN2O2S. The van der Waals surface area contributed by atoms with Crippen molar-refractivity contribution in [3.05, 3.63) is 23.2 Å². The molecule has 0 unspecified atom stereocenters. The third-order valence-electron chi connectivity index (χ3n) is 3.88. The summed E-state index contributed by atoms with van der Waals surface area (Å²) in [6.07, 6.45) is 3.37. The van der Waals surface area contributed by atoms with E-state index in [-0.39, 0.29) is 11.3 Å². The molecule has 0 bridgehead atoms. The number of nitrogens with zero attached hydrogens (tertiary/aromatic N) is 2. The summed E-state index contributed by atoms with van der Waals surface area (Å²) in [6, 6.07) is 5.62. The number of imidazole rings is 1. The summed E-state index contributed by atoms with van der Waals surface area (Å²) < 4.78 is 2.17. The second kappa shape index (κ2) is 4.97. The van der Waals surface area contributed by atoms with Crippen LogP contribution in [0.3, 0.4) is 0 Å². The van der Waals surface area contributed by atoms with Crippen LogP contribution in [0.25, 0.3) is 11.0 Å². The van der Waals surface area contributed by atoms with Crippen molar-refractivity contribution >= 4 is 40.4 Å². The van der Waals surface area contributed by atoms with E-state index in [0.717, 1.165) is 29.0 Å². The standard InChI is InChI=1S/C14H15ClN2O2S/c1-14(5-2-6-14)17-11-7-9(15)3-4-10(11)16-13(17)20-8-12(18)19/h3-4,7H,2,5-6,8H2,1H3,(H,18,19). The zero-order chi connectivity index (χ0) is 14.3. The Morgan fingerprint density at radius 2 is 2.30 bits per heavy atom. The first-order valence-corrected chi connectivity index (χ1v) is 7.89. The fourth-order valence-electron chi connectivity index (χ4n) is 2.68. The Labute approximate surface area is 126 Å². The first kappa shape index (κ1) is 13.8. The predicted octanol–water partition coefficient (Wildman–Crippen LogP) is 3.77. The molecule has 1 aliphatic rings. The van der Waals surface area contributed by atoms with Crippen LogP contribution in [-0.2, 0) is 10.3 Å². The zero-order valence-corrected chi connectivity index (χ0v) is 12.7. The molecule has 1 fully saturated rings. The highest BCUT2D eigenvalue weighted by Gasteiger charge is 2.37. The van der Waals surface area contributed by atoms with Gasteiger partial charge in [0.15, 0.2) is 5.16 Å². The molecule has 6 heteroatoms. The van der Waals surface area contributed by atoms with Gasteiger partial charge in [-0.2, -0.15) is 0 Å². The Morgan fingerprint density at radius 1 is 1.55 bits per heavy atom. The van der Waals surface area contributed by atoms with Gasteiger partial charge in [-0.05, 0) is 44.4 Å². The average Bonchev–Trinajstić information content (AvgIpc) is 2.71. The number of hydrogen-bond acceptors (Lipinski definition) is 3. The van der Waals surface area contributed by atoms with E-state index in [0.29, 0.717) is 5.02 Å². The van der Waals surface area contributed by atoms with Crippen molar-refractivity contribution < 1.29 is 9.90 Å². The molecule has 1 heterocycles. The summed E-state index contributed by atoms with van der Waals surface area (Å²) in [7, 11) is 0. The van der Waals surface area contributed by atoms with Crippen LogP contribution in [0.4, 0.5) is 0 Å². The number of rotatable bonds is 4. The van der Waals surface area contributed by atoms with Crippen LogP contribution in [0.2, 0.25) is 5.02 Å². The first-order valence-electron chi connectivity index (χ1n) is 6.53. The summed E-state index contributed by atoms with van der Waals surface area (Å²) in [5.74, 6) is -0.807. The number of carboxylic acid groups (broad SMARTS) is 1. The lowest BCUT2D eigenvalue weighted by Crippen LogP contribution is -2.37. The number of carboxylic acids is 1. The number of thioether (sulfide) groups is 1. The number of benzene rings is 1. The molecule has 0 atom stereocenters. The van der Waals surface area contributed by atoms with Gasteiger partial charge >= 0.3 is 5.97 Å². The number of halogens is 1. The molecule has 20 heavy (non-hydrogen) atoms. The third kappa shape index (κ3) is 2.29. The van der Waals surface area contributed by atoms with Crippen molar-refractivity contribution in [1.29, 1.82) is 0 Å². The number of fused-ring (bicyclic) bond motifs is 1. The quantitative estimate of drug-likeness (QED) is 0.873. The molecular weight excluding hydrogens is 296 g/mol. The van der Waals surface area contributed by atoms with Crippen molar-refractivity contribution in [3.63, 3.8) is 0 Å². The van der Waals surface area contributed by atoms with E-state index in [1.165, 1.54) is 18.2 Å². The summed E-state index contributed by atoms with van der Waals surface area (Å²) in [6.45, 7) is 2.20. The molecule has 0 spiro atoms. The third-order valence-corrected chi connectivity index (χ3v) is 5.04. The molecule has 106 valence electrons. The molecule has 0 radical (unpaired) electrons. The molecule has 2 aromatic rings. The van der Waals surface area contributed by atoms with Crippen LogP contribution in [0.15, 0.2) is 23.4 Å². The topological polar surface area (TPSA) is 55.1 Å². The number of aliphatic carboxylic acids is 1. The van der Waals surface area contributed by atoms with Crippen molar-refractivity contribution in [2.24, 2.45) is 0 Å². The van der Waals surface area contributed by atoms with E-state index in [9.17, 15) is 4.79 Å². The van der Waals surface area contributed by atoms with Crippen LogP contribution in [-0.4, -0.2) is 26.4 Å². The first-order chi connectivity index (χ1) is 9.49. The lowest BCUT2D eigenvalue weighted by molar-refractivity contribution is -0.133. The monoisotopic (exact) mass is 310 g/mol. The van der Waals surface area contributed by atoms with Crippen LogP contribution in [0.1, 0.15) is 26.2 Å². The lowest BCUT2D eigenvalue weighted by atomic mass is 9.78. The van der Waals surface area contributed by atoms with Gasteiger partial charge in [-0.25, -0.2) is 4.98 Å². The maximum Gasteiger partial charge on any atom is 0.313 e. The van der Waals surface area contributed by atoms with Gasteiger partial charge in [0, 0.05) is 10.6 Å². The smallest absolute Gasteiger partial charge is 0.313 e. The summed E-state index contributed by atoms with van der Waals surface area (Å²) in [5.41, 5.74) is 1.89. The highest BCUT2D eigenvalue weighted by Crippen LogP contribution is 2.43. The van der Waals surface area contributed by atoms with Crippen LogP contribution in [0.5, 0.6) is 0 Å².